The van der Waals surface area contributed by atoms with Gasteiger partial charge in [-0.05, 0) is 67.5 Å². The van der Waals surface area contributed by atoms with E-state index >= 15 is 0 Å². The molecule has 0 saturated carbocycles. The number of nitrogens with zero attached hydrogens (tertiary/aromatic N) is 1. The van der Waals surface area contributed by atoms with Crippen molar-refractivity contribution < 1.29 is 4.39 Å². The summed E-state index contributed by atoms with van der Waals surface area (Å²) in [4.78, 5) is 0. The lowest BCUT2D eigenvalue weighted by atomic mass is 9.98. The predicted octanol–water partition coefficient (Wildman–Crippen LogP) is 6.48. The summed E-state index contributed by atoms with van der Waals surface area (Å²) in [6.45, 7) is 9.99. The topological polar surface area (TPSA) is 4.93 Å². The van der Waals surface area contributed by atoms with Gasteiger partial charge in [-0.1, -0.05) is 51.0 Å². The second kappa shape index (κ2) is 8.07. The van der Waals surface area contributed by atoms with E-state index in [1.54, 1.807) is 12.1 Å². The quantitative estimate of drug-likeness (QED) is 0.459. The van der Waals surface area contributed by atoms with Crippen LogP contribution in [-0.4, -0.2) is 4.57 Å². The second-order valence-electron chi connectivity index (χ2n) is 7.55. The Kier molecular flexibility index (Phi) is 5.80. The predicted molar refractivity (Wildman–Crippen MR) is 109 cm³/mol. The maximum Gasteiger partial charge on any atom is 0.123 e. The van der Waals surface area contributed by atoms with Gasteiger partial charge in [0.1, 0.15) is 5.82 Å². The minimum Gasteiger partial charge on any atom is -0.344 e. The SMILES string of the molecule is CCc1c(C[C@H](C)CC)n(CCc2ccc(F)cc2)c2ccc(C)cc12. The van der Waals surface area contributed by atoms with E-state index in [1.807, 2.05) is 12.1 Å². The van der Waals surface area contributed by atoms with Gasteiger partial charge in [0, 0.05) is 23.1 Å². The summed E-state index contributed by atoms with van der Waals surface area (Å²) in [5, 5.41) is 1.41. The number of halogens is 1. The van der Waals surface area contributed by atoms with E-state index in [4.69, 9.17) is 0 Å². The molecule has 0 bridgehead atoms. The molecule has 3 rings (SSSR count). The number of aromatic nitrogens is 1. The zero-order valence-electron chi connectivity index (χ0n) is 16.5. The molecule has 1 heterocycles. The lowest BCUT2D eigenvalue weighted by Gasteiger charge is -2.15. The van der Waals surface area contributed by atoms with Crippen LogP contribution in [0.1, 0.15) is 49.6 Å². The van der Waals surface area contributed by atoms with Gasteiger partial charge >= 0.3 is 0 Å². The first-order chi connectivity index (χ1) is 12.5. The molecule has 0 saturated heterocycles. The lowest BCUT2D eigenvalue weighted by Crippen LogP contribution is -2.10. The highest BCUT2D eigenvalue weighted by Crippen LogP contribution is 2.30. The van der Waals surface area contributed by atoms with E-state index < -0.39 is 0 Å². The Bertz CT molecular complexity index is 873. The van der Waals surface area contributed by atoms with Gasteiger partial charge < -0.3 is 4.57 Å². The highest BCUT2D eigenvalue weighted by molar-refractivity contribution is 5.86. The van der Waals surface area contributed by atoms with Gasteiger partial charge in [-0.3, -0.25) is 0 Å². The molecule has 1 atom stereocenters. The molecule has 0 aliphatic rings. The summed E-state index contributed by atoms with van der Waals surface area (Å²) in [6.07, 6.45) is 4.31. The normalized spacial score (nSPS) is 12.7. The lowest BCUT2D eigenvalue weighted by molar-refractivity contribution is 0.529. The standard InChI is InChI=1S/C24H30FN/c1-5-17(3)16-24-21(6-2)22-15-18(4)7-12-23(22)26(24)14-13-19-8-10-20(25)11-9-19/h7-12,15,17H,5-6,13-14,16H2,1-4H3/t17-/m1/s1. The summed E-state index contributed by atoms with van der Waals surface area (Å²) in [5.74, 6) is 0.511. The van der Waals surface area contributed by atoms with E-state index in [2.05, 4.69) is 50.5 Å². The minimum absolute atomic E-state index is 0.165. The Hall–Kier alpha value is -2.09. The van der Waals surface area contributed by atoms with E-state index in [9.17, 15) is 4.39 Å². The fourth-order valence-electron chi connectivity index (χ4n) is 3.84. The third-order valence-corrected chi connectivity index (χ3v) is 5.57. The molecule has 1 nitrogen and oxygen atoms in total. The maximum absolute atomic E-state index is 13.2. The zero-order valence-corrected chi connectivity index (χ0v) is 16.5. The minimum atomic E-state index is -0.165. The Labute approximate surface area is 156 Å². The molecule has 0 aliphatic heterocycles. The molecule has 0 fully saturated rings. The molecule has 0 spiro atoms. The zero-order chi connectivity index (χ0) is 18.7. The van der Waals surface area contributed by atoms with Crippen LogP contribution in [0.2, 0.25) is 0 Å². The van der Waals surface area contributed by atoms with Gasteiger partial charge in [0.2, 0.25) is 0 Å². The van der Waals surface area contributed by atoms with Crippen molar-refractivity contribution >= 4 is 10.9 Å². The summed E-state index contributed by atoms with van der Waals surface area (Å²) >= 11 is 0. The molecular formula is C24H30FN. The van der Waals surface area contributed by atoms with Gasteiger partial charge in [0.15, 0.2) is 0 Å². The first-order valence-corrected chi connectivity index (χ1v) is 9.88. The average Bonchev–Trinajstić information content (AvgIpc) is 2.92. The van der Waals surface area contributed by atoms with Crippen molar-refractivity contribution in [2.45, 2.75) is 59.9 Å². The Balaban J connectivity index is 2.02. The number of aryl methyl sites for hydroxylation is 4. The van der Waals surface area contributed by atoms with Crippen LogP contribution in [0, 0.1) is 18.7 Å². The molecule has 138 valence electrons. The fraction of sp³-hybridized carbons (Fsp3) is 0.417. The van der Waals surface area contributed by atoms with Crippen molar-refractivity contribution in [3.8, 4) is 0 Å². The first kappa shape index (κ1) is 18.7. The molecule has 0 unspecified atom stereocenters. The van der Waals surface area contributed by atoms with Crippen molar-refractivity contribution in [2.24, 2.45) is 5.92 Å². The number of rotatable bonds is 7. The molecule has 26 heavy (non-hydrogen) atoms. The number of hydrogen-bond donors (Lipinski definition) is 0. The fourth-order valence-corrected chi connectivity index (χ4v) is 3.84. The maximum atomic E-state index is 13.2. The summed E-state index contributed by atoms with van der Waals surface area (Å²) in [7, 11) is 0. The molecule has 3 aromatic rings. The van der Waals surface area contributed by atoms with Crippen LogP contribution in [0.4, 0.5) is 4.39 Å². The summed E-state index contributed by atoms with van der Waals surface area (Å²) in [6, 6.07) is 13.7. The molecule has 0 aliphatic carbocycles. The highest BCUT2D eigenvalue weighted by atomic mass is 19.1. The number of benzene rings is 2. The molecular weight excluding hydrogens is 321 g/mol. The van der Waals surface area contributed by atoms with Crippen LogP contribution >= 0.6 is 0 Å². The van der Waals surface area contributed by atoms with Crippen LogP contribution in [0.5, 0.6) is 0 Å². The smallest absolute Gasteiger partial charge is 0.123 e. The number of fused-ring (bicyclic) bond motifs is 1. The molecule has 1 aromatic heterocycles. The van der Waals surface area contributed by atoms with E-state index in [-0.39, 0.29) is 5.82 Å². The van der Waals surface area contributed by atoms with Crippen molar-refractivity contribution in [3.63, 3.8) is 0 Å². The van der Waals surface area contributed by atoms with Gasteiger partial charge in [-0.25, -0.2) is 4.39 Å². The molecule has 2 heteroatoms. The van der Waals surface area contributed by atoms with Gasteiger partial charge in [-0.2, -0.15) is 0 Å². The van der Waals surface area contributed by atoms with Crippen LogP contribution < -0.4 is 0 Å². The van der Waals surface area contributed by atoms with E-state index in [1.165, 1.54) is 39.7 Å². The van der Waals surface area contributed by atoms with Crippen LogP contribution in [0.15, 0.2) is 42.5 Å². The van der Waals surface area contributed by atoms with E-state index in [0.29, 0.717) is 5.92 Å². The Morgan fingerprint density at radius 2 is 1.77 bits per heavy atom. The van der Waals surface area contributed by atoms with Crippen molar-refractivity contribution in [1.82, 2.24) is 4.57 Å². The van der Waals surface area contributed by atoms with Crippen molar-refractivity contribution in [2.75, 3.05) is 0 Å². The molecule has 2 aromatic carbocycles. The van der Waals surface area contributed by atoms with Crippen molar-refractivity contribution in [3.05, 3.63) is 70.7 Å². The van der Waals surface area contributed by atoms with Crippen LogP contribution in [-0.2, 0) is 25.8 Å². The second-order valence-corrected chi connectivity index (χ2v) is 7.55. The van der Waals surface area contributed by atoms with Gasteiger partial charge in [0.05, 0.1) is 0 Å². The van der Waals surface area contributed by atoms with E-state index in [0.717, 1.165) is 25.8 Å². The average molecular weight is 352 g/mol. The first-order valence-electron chi connectivity index (χ1n) is 9.88. The third-order valence-electron chi connectivity index (χ3n) is 5.57. The van der Waals surface area contributed by atoms with Crippen molar-refractivity contribution in [1.29, 1.82) is 0 Å². The summed E-state index contributed by atoms with van der Waals surface area (Å²) in [5.41, 5.74) is 6.84. The number of hydrogen-bond acceptors (Lipinski definition) is 0. The highest BCUT2D eigenvalue weighted by Gasteiger charge is 2.17. The summed E-state index contributed by atoms with van der Waals surface area (Å²) < 4.78 is 15.7. The van der Waals surface area contributed by atoms with Crippen LogP contribution in [0.3, 0.4) is 0 Å². The molecule has 0 radical (unpaired) electrons. The Morgan fingerprint density at radius 1 is 1.04 bits per heavy atom. The molecule has 0 amide bonds. The molecule has 0 N–H and O–H groups in total. The van der Waals surface area contributed by atoms with Crippen LogP contribution in [0.25, 0.3) is 10.9 Å². The monoisotopic (exact) mass is 351 g/mol. The Morgan fingerprint density at radius 3 is 2.42 bits per heavy atom. The third kappa shape index (κ3) is 3.85. The van der Waals surface area contributed by atoms with Gasteiger partial charge in [-0.15, -0.1) is 0 Å². The largest absolute Gasteiger partial charge is 0.344 e. The van der Waals surface area contributed by atoms with Gasteiger partial charge in [0.25, 0.3) is 0 Å².